The van der Waals surface area contributed by atoms with E-state index in [1.807, 2.05) is 41.3 Å². The number of amides is 1. The number of nitrogens with zero attached hydrogens (tertiary/aromatic N) is 5. The summed E-state index contributed by atoms with van der Waals surface area (Å²) in [6, 6.07) is 11.7. The van der Waals surface area contributed by atoms with Crippen LogP contribution in [0, 0.1) is 0 Å². The van der Waals surface area contributed by atoms with Crippen LogP contribution in [0.15, 0.2) is 53.8 Å². The van der Waals surface area contributed by atoms with E-state index in [0.29, 0.717) is 38.6 Å². The van der Waals surface area contributed by atoms with Crippen LogP contribution in [0.25, 0.3) is 0 Å². The predicted octanol–water partition coefficient (Wildman–Crippen LogP) is 1.28. The average Bonchev–Trinajstić information content (AvgIpc) is 2.75. The number of carbonyl (C=O) groups is 1. The Hall–Kier alpha value is -2.43. The van der Waals surface area contributed by atoms with Gasteiger partial charge >= 0.3 is 0 Å². The largest absolute Gasteiger partial charge is 0.370 e. The van der Waals surface area contributed by atoms with Gasteiger partial charge in [-0.25, -0.2) is 4.98 Å². The first-order valence-electron chi connectivity index (χ1n) is 9.60. The third-order valence-electron chi connectivity index (χ3n) is 4.63. The highest BCUT2D eigenvalue weighted by Crippen LogP contribution is 2.12. The minimum absolute atomic E-state index is 0. The molecule has 0 unspecified atom stereocenters. The Morgan fingerprint density at radius 2 is 1.79 bits per heavy atom. The van der Waals surface area contributed by atoms with E-state index in [9.17, 15) is 4.79 Å². The zero-order valence-corrected chi connectivity index (χ0v) is 18.7. The monoisotopic (exact) mass is 509 g/mol. The van der Waals surface area contributed by atoms with Crippen molar-refractivity contribution in [1.82, 2.24) is 20.2 Å². The number of nitrogens with one attached hydrogen (secondary N) is 1. The maximum absolute atomic E-state index is 12.4. The van der Waals surface area contributed by atoms with Gasteiger partial charge in [0.25, 0.3) is 0 Å². The Kier molecular flexibility index (Phi) is 9.62. The molecule has 0 aliphatic carbocycles. The standard InChI is InChI=1S/C20H27N7O.HI/c21-20(24-11-7-17-5-1-3-9-22-17)25-12-8-19(28)27-15-13-26(14-16-27)18-6-2-4-10-23-18;/h1-6,9-10H,7-8,11-16H2,(H3,21,24,25);1H. The van der Waals surface area contributed by atoms with Crippen molar-refractivity contribution < 1.29 is 4.79 Å². The quantitative estimate of drug-likeness (QED) is 0.332. The molecule has 1 saturated heterocycles. The second-order valence-corrected chi connectivity index (χ2v) is 6.57. The van der Waals surface area contributed by atoms with Gasteiger partial charge in [-0.05, 0) is 24.3 Å². The van der Waals surface area contributed by atoms with E-state index in [4.69, 9.17) is 5.73 Å². The van der Waals surface area contributed by atoms with Gasteiger partial charge in [0.15, 0.2) is 5.96 Å². The fraction of sp³-hybridized carbons (Fsp3) is 0.400. The topological polar surface area (TPSA) is 99.7 Å². The van der Waals surface area contributed by atoms with E-state index in [1.165, 1.54) is 0 Å². The van der Waals surface area contributed by atoms with E-state index in [0.717, 1.165) is 31.0 Å². The molecule has 0 radical (unpaired) electrons. The lowest BCUT2D eigenvalue weighted by atomic mass is 10.2. The number of pyridine rings is 2. The van der Waals surface area contributed by atoms with Gasteiger partial charge in [-0.3, -0.25) is 14.8 Å². The highest BCUT2D eigenvalue weighted by atomic mass is 127. The molecule has 0 aromatic carbocycles. The van der Waals surface area contributed by atoms with Crippen LogP contribution in [0.2, 0.25) is 0 Å². The molecule has 29 heavy (non-hydrogen) atoms. The van der Waals surface area contributed by atoms with Crippen molar-refractivity contribution in [1.29, 1.82) is 0 Å². The first-order valence-corrected chi connectivity index (χ1v) is 9.60. The van der Waals surface area contributed by atoms with Crippen molar-refractivity contribution in [2.24, 2.45) is 10.7 Å². The third-order valence-corrected chi connectivity index (χ3v) is 4.63. The summed E-state index contributed by atoms with van der Waals surface area (Å²) in [6.07, 6.45) is 4.71. The fourth-order valence-corrected chi connectivity index (χ4v) is 3.08. The first kappa shape index (κ1) is 22.9. The second-order valence-electron chi connectivity index (χ2n) is 6.57. The maximum atomic E-state index is 12.4. The zero-order chi connectivity index (χ0) is 19.6. The number of carbonyl (C=O) groups excluding carboxylic acids is 1. The lowest BCUT2D eigenvalue weighted by Crippen LogP contribution is -2.49. The summed E-state index contributed by atoms with van der Waals surface area (Å²) < 4.78 is 0. The van der Waals surface area contributed by atoms with E-state index >= 15 is 0 Å². The lowest BCUT2D eigenvalue weighted by molar-refractivity contribution is -0.131. The fourth-order valence-electron chi connectivity index (χ4n) is 3.08. The predicted molar refractivity (Wildman–Crippen MR) is 125 cm³/mol. The molecule has 0 saturated carbocycles. The molecule has 3 N–H and O–H groups in total. The number of hydrogen-bond donors (Lipinski definition) is 2. The van der Waals surface area contributed by atoms with Crippen LogP contribution in [-0.2, 0) is 11.2 Å². The lowest BCUT2D eigenvalue weighted by Gasteiger charge is -2.35. The van der Waals surface area contributed by atoms with Crippen LogP contribution >= 0.6 is 24.0 Å². The van der Waals surface area contributed by atoms with Gasteiger partial charge in [-0.15, -0.1) is 24.0 Å². The Labute approximate surface area is 188 Å². The zero-order valence-electron chi connectivity index (χ0n) is 16.4. The Morgan fingerprint density at radius 3 is 2.45 bits per heavy atom. The van der Waals surface area contributed by atoms with Crippen LogP contribution in [-0.4, -0.2) is 66.0 Å². The molecule has 2 aromatic rings. The number of guanidine groups is 1. The summed E-state index contributed by atoms with van der Waals surface area (Å²) >= 11 is 0. The molecule has 0 atom stereocenters. The molecule has 8 nitrogen and oxygen atoms in total. The van der Waals surface area contributed by atoms with Crippen LogP contribution in [0.3, 0.4) is 0 Å². The van der Waals surface area contributed by atoms with E-state index in [2.05, 4.69) is 25.2 Å². The van der Waals surface area contributed by atoms with Gasteiger partial charge < -0.3 is 20.9 Å². The van der Waals surface area contributed by atoms with Crippen molar-refractivity contribution in [2.45, 2.75) is 12.8 Å². The summed E-state index contributed by atoms with van der Waals surface area (Å²) in [7, 11) is 0. The number of piperazine rings is 1. The molecule has 156 valence electrons. The van der Waals surface area contributed by atoms with Gasteiger partial charge in [0.2, 0.25) is 5.91 Å². The summed E-state index contributed by atoms with van der Waals surface area (Å²) in [5.74, 6) is 1.44. The van der Waals surface area contributed by atoms with Gasteiger partial charge in [-0.1, -0.05) is 12.1 Å². The summed E-state index contributed by atoms with van der Waals surface area (Å²) in [5, 5.41) is 3.06. The molecule has 1 aliphatic rings. The highest BCUT2D eigenvalue weighted by Gasteiger charge is 2.21. The van der Waals surface area contributed by atoms with Crippen molar-refractivity contribution in [3.8, 4) is 0 Å². The molecule has 3 rings (SSSR count). The van der Waals surface area contributed by atoms with Crippen LogP contribution < -0.4 is 16.0 Å². The van der Waals surface area contributed by atoms with E-state index in [-0.39, 0.29) is 29.9 Å². The number of rotatable bonds is 7. The van der Waals surface area contributed by atoms with E-state index < -0.39 is 0 Å². The molecule has 0 bridgehead atoms. The van der Waals surface area contributed by atoms with Gasteiger partial charge in [0.1, 0.15) is 5.82 Å². The molecule has 3 heterocycles. The van der Waals surface area contributed by atoms with Gasteiger partial charge in [-0.2, -0.15) is 0 Å². The van der Waals surface area contributed by atoms with Crippen LogP contribution in [0.1, 0.15) is 12.1 Å². The van der Waals surface area contributed by atoms with Crippen molar-refractivity contribution in [3.63, 3.8) is 0 Å². The molecule has 2 aromatic heterocycles. The van der Waals surface area contributed by atoms with Crippen molar-refractivity contribution in [2.75, 3.05) is 44.2 Å². The first-order chi connectivity index (χ1) is 13.7. The Bertz CT molecular complexity index is 765. The number of hydrogen-bond acceptors (Lipinski definition) is 5. The molecular formula is C20H28IN7O. The minimum Gasteiger partial charge on any atom is -0.370 e. The van der Waals surface area contributed by atoms with Crippen molar-refractivity contribution in [3.05, 3.63) is 54.5 Å². The molecule has 0 spiro atoms. The Morgan fingerprint density at radius 1 is 1.07 bits per heavy atom. The highest BCUT2D eigenvalue weighted by molar-refractivity contribution is 14.0. The number of aromatic nitrogens is 2. The average molecular weight is 509 g/mol. The third kappa shape index (κ3) is 7.48. The number of nitrogens with two attached hydrogens (primary N) is 1. The second kappa shape index (κ2) is 12.2. The molecule has 9 heteroatoms. The summed E-state index contributed by atoms with van der Waals surface area (Å²) in [4.78, 5) is 29.3. The van der Waals surface area contributed by atoms with E-state index in [1.54, 1.807) is 12.4 Å². The smallest absolute Gasteiger partial charge is 0.224 e. The number of halogens is 1. The molecule has 1 amide bonds. The summed E-state index contributed by atoms with van der Waals surface area (Å²) in [6.45, 7) is 4.05. The normalized spacial score (nSPS) is 14.3. The minimum atomic E-state index is 0. The molecular weight excluding hydrogens is 481 g/mol. The molecule has 1 fully saturated rings. The van der Waals surface area contributed by atoms with Crippen LogP contribution in [0.5, 0.6) is 0 Å². The number of anilines is 1. The van der Waals surface area contributed by atoms with Gasteiger partial charge in [0, 0.05) is 63.7 Å². The molecule has 1 aliphatic heterocycles. The summed E-state index contributed by atoms with van der Waals surface area (Å²) in [5.41, 5.74) is 6.87. The SMILES string of the molecule is I.NC(=NCCC(=O)N1CCN(c2ccccn2)CC1)NCCc1ccccn1. The van der Waals surface area contributed by atoms with Crippen molar-refractivity contribution >= 4 is 41.7 Å². The van der Waals surface area contributed by atoms with Gasteiger partial charge in [0.05, 0.1) is 6.54 Å². The number of aliphatic imine (C=N–C) groups is 1. The van der Waals surface area contributed by atoms with Crippen LogP contribution in [0.4, 0.5) is 5.82 Å². The Balaban J connectivity index is 0.00000300. The maximum Gasteiger partial charge on any atom is 0.224 e.